The summed E-state index contributed by atoms with van der Waals surface area (Å²) >= 11 is 6.04. The number of hydrogen-bond acceptors (Lipinski definition) is 3. The zero-order valence-electron chi connectivity index (χ0n) is 9.02. The highest BCUT2D eigenvalue weighted by Crippen LogP contribution is 2.23. The topological polar surface area (TPSA) is 48.7 Å². The summed E-state index contributed by atoms with van der Waals surface area (Å²) < 4.78 is 0. The number of nitrogens with zero attached hydrogens (tertiary/aromatic N) is 2. The zero-order valence-corrected chi connectivity index (χ0v) is 9.78. The maximum absolute atomic E-state index is 8.72. The van der Waals surface area contributed by atoms with Crippen molar-refractivity contribution in [1.29, 1.82) is 5.26 Å². The summed E-state index contributed by atoms with van der Waals surface area (Å²) in [5.41, 5.74) is 2.29. The van der Waals surface area contributed by atoms with Crippen molar-refractivity contribution in [3.8, 4) is 6.07 Å². The molecule has 0 atom stereocenters. The van der Waals surface area contributed by atoms with Gasteiger partial charge in [0.25, 0.3) is 0 Å². The Hall–Kier alpha value is -2.05. The monoisotopic (exact) mass is 243 g/mol. The van der Waals surface area contributed by atoms with Gasteiger partial charge in [-0.1, -0.05) is 17.7 Å². The van der Waals surface area contributed by atoms with E-state index >= 15 is 0 Å². The van der Waals surface area contributed by atoms with E-state index in [0.29, 0.717) is 17.1 Å². The van der Waals surface area contributed by atoms with Gasteiger partial charge in [-0.3, -0.25) is 4.98 Å². The SMILES string of the molecule is N#Cc1ccc(NCc2ccccn2)c(Cl)c1. The minimum Gasteiger partial charge on any atom is -0.378 e. The minimum absolute atomic E-state index is 0.542. The highest BCUT2D eigenvalue weighted by Gasteiger charge is 2.01. The van der Waals surface area contributed by atoms with E-state index in [2.05, 4.69) is 10.3 Å². The summed E-state index contributed by atoms with van der Waals surface area (Å²) in [6.07, 6.45) is 1.75. The van der Waals surface area contributed by atoms with Crippen molar-refractivity contribution in [3.05, 3.63) is 58.9 Å². The maximum atomic E-state index is 8.72. The van der Waals surface area contributed by atoms with Crippen LogP contribution in [0.15, 0.2) is 42.6 Å². The van der Waals surface area contributed by atoms with E-state index < -0.39 is 0 Å². The largest absolute Gasteiger partial charge is 0.378 e. The fourth-order valence-corrected chi connectivity index (χ4v) is 1.66. The lowest BCUT2D eigenvalue weighted by Crippen LogP contribution is -2.01. The third-order valence-corrected chi connectivity index (χ3v) is 2.60. The second-order valence-electron chi connectivity index (χ2n) is 3.48. The van der Waals surface area contributed by atoms with Gasteiger partial charge in [-0.2, -0.15) is 5.26 Å². The normalized spacial score (nSPS) is 9.65. The number of rotatable bonds is 3. The fourth-order valence-electron chi connectivity index (χ4n) is 1.42. The molecule has 0 fully saturated rings. The Morgan fingerprint density at radius 1 is 1.29 bits per heavy atom. The van der Waals surface area contributed by atoms with Gasteiger partial charge in [0.15, 0.2) is 0 Å². The number of halogens is 1. The van der Waals surface area contributed by atoms with Crippen LogP contribution in [0, 0.1) is 11.3 Å². The lowest BCUT2D eigenvalue weighted by atomic mass is 10.2. The Balaban J connectivity index is 2.08. The van der Waals surface area contributed by atoms with Crippen LogP contribution in [-0.4, -0.2) is 4.98 Å². The lowest BCUT2D eigenvalue weighted by Gasteiger charge is -2.07. The highest BCUT2D eigenvalue weighted by atomic mass is 35.5. The zero-order chi connectivity index (χ0) is 12.1. The van der Waals surface area contributed by atoms with Gasteiger partial charge in [0, 0.05) is 6.20 Å². The average Bonchev–Trinajstić information content (AvgIpc) is 2.38. The second kappa shape index (κ2) is 5.33. The molecule has 1 aromatic heterocycles. The molecule has 0 aliphatic rings. The van der Waals surface area contributed by atoms with E-state index in [1.165, 1.54) is 0 Å². The molecule has 4 heteroatoms. The van der Waals surface area contributed by atoms with Crippen LogP contribution in [0.3, 0.4) is 0 Å². The molecule has 0 spiro atoms. The van der Waals surface area contributed by atoms with Crippen LogP contribution in [0.4, 0.5) is 5.69 Å². The molecule has 0 aliphatic heterocycles. The van der Waals surface area contributed by atoms with E-state index in [4.69, 9.17) is 16.9 Å². The van der Waals surface area contributed by atoms with E-state index in [1.807, 2.05) is 24.3 Å². The first-order chi connectivity index (χ1) is 8.29. The van der Waals surface area contributed by atoms with Gasteiger partial charge in [0.05, 0.1) is 34.6 Å². The molecule has 0 bridgehead atoms. The summed E-state index contributed by atoms with van der Waals surface area (Å²) in [4.78, 5) is 4.20. The van der Waals surface area contributed by atoms with Gasteiger partial charge in [0.1, 0.15) is 0 Å². The molecule has 84 valence electrons. The Kier molecular flexibility index (Phi) is 3.59. The van der Waals surface area contributed by atoms with Crippen molar-refractivity contribution in [1.82, 2.24) is 4.98 Å². The molecule has 1 aromatic carbocycles. The van der Waals surface area contributed by atoms with Gasteiger partial charge in [-0.15, -0.1) is 0 Å². The van der Waals surface area contributed by atoms with Crippen LogP contribution < -0.4 is 5.32 Å². The Morgan fingerprint density at radius 2 is 2.18 bits per heavy atom. The molecular weight excluding hydrogens is 234 g/mol. The average molecular weight is 244 g/mol. The predicted octanol–water partition coefficient (Wildman–Crippen LogP) is 3.22. The van der Waals surface area contributed by atoms with Gasteiger partial charge < -0.3 is 5.32 Å². The standard InChI is InChI=1S/C13H10ClN3/c14-12-7-10(8-15)4-5-13(12)17-9-11-3-1-2-6-16-11/h1-7,17H,9H2. The highest BCUT2D eigenvalue weighted by molar-refractivity contribution is 6.33. The molecule has 0 aliphatic carbocycles. The number of nitriles is 1. The second-order valence-corrected chi connectivity index (χ2v) is 3.89. The minimum atomic E-state index is 0.542. The number of anilines is 1. The van der Waals surface area contributed by atoms with E-state index in [1.54, 1.807) is 24.4 Å². The first-order valence-electron chi connectivity index (χ1n) is 5.13. The van der Waals surface area contributed by atoms with Crippen molar-refractivity contribution in [2.24, 2.45) is 0 Å². The Bertz CT molecular complexity index is 546. The van der Waals surface area contributed by atoms with E-state index in [-0.39, 0.29) is 0 Å². The van der Waals surface area contributed by atoms with Crippen LogP contribution in [0.5, 0.6) is 0 Å². The van der Waals surface area contributed by atoms with Crippen molar-refractivity contribution in [2.45, 2.75) is 6.54 Å². The number of aromatic nitrogens is 1. The van der Waals surface area contributed by atoms with Crippen molar-refractivity contribution < 1.29 is 0 Å². The van der Waals surface area contributed by atoms with Crippen molar-refractivity contribution in [2.75, 3.05) is 5.32 Å². The molecule has 0 radical (unpaired) electrons. The molecule has 0 saturated carbocycles. The fraction of sp³-hybridized carbons (Fsp3) is 0.0769. The summed E-state index contributed by atoms with van der Waals surface area (Å²) in [6.45, 7) is 0.604. The molecule has 2 aromatic rings. The number of benzene rings is 1. The van der Waals surface area contributed by atoms with Crippen LogP contribution >= 0.6 is 11.6 Å². The summed E-state index contributed by atoms with van der Waals surface area (Å²) in [5.74, 6) is 0. The third kappa shape index (κ3) is 2.96. The summed E-state index contributed by atoms with van der Waals surface area (Å²) in [7, 11) is 0. The van der Waals surface area contributed by atoms with Crippen molar-refractivity contribution >= 4 is 17.3 Å². The lowest BCUT2D eigenvalue weighted by molar-refractivity contribution is 1.05. The Labute approximate surface area is 105 Å². The molecular formula is C13H10ClN3. The van der Waals surface area contributed by atoms with Crippen LogP contribution in [0.2, 0.25) is 5.02 Å². The smallest absolute Gasteiger partial charge is 0.0992 e. The molecule has 1 heterocycles. The molecule has 0 saturated heterocycles. The van der Waals surface area contributed by atoms with E-state index in [9.17, 15) is 0 Å². The third-order valence-electron chi connectivity index (χ3n) is 2.28. The number of nitrogens with one attached hydrogen (secondary N) is 1. The van der Waals surface area contributed by atoms with Crippen LogP contribution in [0.25, 0.3) is 0 Å². The molecule has 17 heavy (non-hydrogen) atoms. The molecule has 0 unspecified atom stereocenters. The number of pyridine rings is 1. The van der Waals surface area contributed by atoms with Gasteiger partial charge in [-0.05, 0) is 30.3 Å². The van der Waals surface area contributed by atoms with Gasteiger partial charge >= 0.3 is 0 Å². The summed E-state index contributed by atoms with van der Waals surface area (Å²) in [5, 5.41) is 12.4. The van der Waals surface area contributed by atoms with Gasteiger partial charge in [-0.25, -0.2) is 0 Å². The molecule has 2 rings (SSSR count). The number of hydrogen-bond donors (Lipinski definition) is 1. The quantitative estimate of drug-likeness (QED) is 0.901. The predicted molar refractivity (Wildman–Crippen MR) is 67.7 cm³/mol. The molecule has 3 nitrogen and oxygen atoms in total. The molecule has 0 amide bonds. The molecule has 1 N–H and O–H groups in total. The van der Waals surface area contributed by atoms with Gasteiger partial charge in [0.2, 0.25) is 0 Å². The Morgan fingerprint density at radius 3 is 2.82 bits per heavy atom. The first kappa shape index (κ1) is 11.4. The van der Waals surface area contributed by atoms with Crippen LogP contribution in [-0.2, 0) is 6.54 Å². The first-order valence-corrected chi connectivity index (χ1v) is 5.51. The van der Waals surface area contributed by atoms with Crippen LogP contribution in [0.1, 0.15) is 11.3 Å². The maximum Gasteiger partial charge on any atom is 0.0992 e. The van der Waals surface area contributed by atoms with E-state index in [0.717, 1.165) is 11.4 Å². The van der Waals surface area contributed by atoms with Crippen molar-refractivity contribution in [3.63, 3.8) is 0 Å². The summed E-state index contributed by atoms with van der Waals surface area (Å²) in [6, 6.07) is 13.0.